The molecule has 7 heteroatoms. The van der Waals surface area contributed by atoms with Crippen LogP contribution in [-0.4, -0.2) is 30.1 Å². The highest BCUT2D eigenvalue weighted by Crippen LogP contribution is 2.12. The second-order valence-electron chi connectivity index (χ2n) is 4.44. The Morgan fingerprint density at radius 3 is 2.82 bits per heavy atom. The van der Waals surface area contributed by atoms with E-state index in [4.69, 9.17) is 15.1 Å². The van der Waals surface area contributed by atoms with Gasteiger partial charge in [0.15, 0.2) is 0 Å². The van der Waals surface area contributed by atoms with Gasteiger partial charge in [-0.3, -0.25) is 9.59 Å². The molecule has 1 amide bonds. The molecule has 1 atom stereocenters. The SMILES string of the molecule is COc1cccc(CN/C=C(/C#N)C(=O)NC(C)C(=O)O)c1. The molecule has 0 aliphatic heterocycles. The van der Waals surface area contributed by atoms with Crippen molar-refractivity contribution < 1.29 is 19.4 Å². The lowest BCUT2D eigenvalue weighted by molar-refractivity contribution is -0.140. The number of rotatable bonds is 7. The van der Waals surface area contributed by atoms with Crippen LogP contribution in [0.2, 0.25) is 0 Å². The van der Waals surface area contributed by atoms with Crippen LogP contribution in [0.3, 0.4) is 0 Å². The number of nitrogens with one attached hydrogen (secondary N) is 2. The second-order valence-corrected chi connectivity index (χ2v) is 4.44. The number of ether oxygens (including phenoxy) is 1. The number of hydrogen-bond donors (Lipinski definition) is 3. The number of nitriles is 1. The fourth-order valence-corrected chi connectivity index (χ4v) is 1.54. The molecule has 0 radical (unpaired) electrons. The van der Waals surface area contributed by atoms with Crippen molar-refractivity contribution in [3.05, 3.63) is 41.6 Å². The molecule has 7 nitrogen and oxygen atoms in total. The molecule has 116 valence electrons. The van der Waals surface area contributed by atoms with Gasteiger partial charge in [0.25, 0.3) is 5.91 Å². The number of aliphatic carboxylic acids is 1. The molecule has 3 N–H and O–H groups in total. The normalized spacial score (nSPS) is 12.0. The topological polar surface area (TPSA) is 111 Å². The highest BCUT2D eigenvalue weighted by molar-refractivity contribution is 5.99. The summed E-state index contributed by atoms with van der Waals surface area (Å²) in [4.78, 5) is 22.4. The van der Waals surface area contributed by atoms with Crippen LogP contribution < -0.4 is 15.4 Å². The minimum Gasteiger partial charge on any atom is -0.497 e. The molecule has 0 saturated heterocycles. The van der Waals surface area contributed by atoms with Crippen molar-refractivity contribution in [2.45, 2.75) is 19.5 Å². The first-order valence-electron chi connectivity index (χ1n) is 6.48. The van der Waals surface area contributed by atoms with Gasteiger partial charge in [-0.2, -0.15) is 5.26 Å². The number of hydrogen-bond acceptors (Lipinski definition) is 5. The van der Waals surface area contributed by atoms with E-state index in [0.717, 1.165) is 5.56 Å². The molecule has 0 bridgehead atoms. The molecule has 0 aliphatic carbocycles. The molecule has 0 aromatic heterocycles. The molecule has 0 fully saturated rings. The van der Waals surface area contributed by atoms with Crippen LogP contribution >= 0.6 is 0 Å². The smallest absolute Gasteiger partial charge is 0.325 e. The predicted octanol–water partition coefficient (Wildman–Crippen LogP) is 0.782. The number of carboxylic acid groups (broad SMARTS) is 1. The summed E-state index contributed by atoms with van der Waals surface area (Å²) in [6.07, 6.45) is 1.25. The van der Waals surface area contributed by atoms with Crippen molar-refractivity contribution in [2.24, 2.45) is 0 Å². The van der Waals surface area contributed by atoms with E-state index >= 15 is 0 Å². The maximum atomic E-state index is 11.7. The zero-order valence-corrected chi connectivity index (χ0v) is 12.3. The van der Waals surface area contributed by atoms with Crippen molar-refractivity contribution in [1.82, 2.24) is 10.6 Å². The van der Waals surface area contributed by atoms with Crippen molar-refractivity contribution >= 4 is 11.9 Å². The maximum Gasteiger partial charge on any atom is 0.325 e. The molecule has 1 aromatic rings. The number of carboxylic acids is 1. The monoisotopic (exact) mass is 303 g/mol. The Hall–Kier alpha value is -3.01. The van der Waals surface area contributed by atoms with E-state index < -0.39 is 17.9 Å². The first-order valence-corrected chi connectivity index (χ1v) is 6.48. The van der Waals surface area contributed by atoms with Crippen LogP contribution in [0.25, 0.3) is 0 Å². The van der Waals surface area contributed by atoms with Crippen LogP contribution in [0.15, 0.2) is 36.0 Å². The fraction of sp³-hybridized carbons (Fsp3) is 0.267. The van der Waals surface area contributed by atoms with Gasteiger partial charge in [-0.25, -0.2) is 0 Å². The minimum atomic E-state index is -1.17. The summed E-state index contributed by atoms with van der Waals surface area (Å²) in [7, 11) is 1.56. The Morgan fingerprint density at radius 2 is 2.23 bits per heavy atom. The van der Waals surface area contributed by atoms with Crippen molar-refractivity contribution in [3.63, 3.8) is 0 Å². The van der Waals surface area contributed by atoms with Crippen LogP contribution in [0.1, 0.15) is 12.5 Å². The molecule has 0 heterocycles. The number of nitrogens with zero attached hydrogens (tertiary/aromatic N) is 1. The summed E-state index contributed by atoms with van der Waals surface area (Å²) in [5.41, 5.74) is 0.711. The number of amides is 1. The Balaban J connectivity index is 2.63. The van der Waals surface area contributed by atoms with E-state index in [0.29, 0.717) is 12.3 Å². The Morgan fingerprint density at radius 1 is 1.50 bits per heavy atom. The van der Waals surface area contributed by atoms with E-state index in [2.05, 4.69) is 10.6 Å². The van der Waals surface area contributed by atoms with Gasteiger partial charge >= 0.3 is 5.97 Å². The van der Waals surface area contributed by atoms with Gasteiger partial charge in [-0.05, 0) is 24.6 Å². The van der Waals surface area contributed by atoms with Crippen LogP contribution in [0.4, 0.5) is 0 Å². The molecular formula is C15H17N3O4. The van der Waals surface area contributed by atoms with E-state index in [9.17, 15) is 9.59 Å². The van der Waals surface area contributed by atoms with Crippen LogP contribution in [-0.2, 0) is 16.1 Å². The van der Waals surface area contributed by atoms with Crippen molar-refractivity contribution in [2.75, 3.05) is 7.11 Å². The Kier molecular flexibility index (Phi) is 6.44. The van der Waals surface area contributed by atoms with E-state index in [1.807, 2.05) is 18.2 Å². The van der Waals surface area contributed by atoms with E-state index in [1.54, 1.807) is 19.2 Å². The third-order valence-electron chi connectivity index (χ3n) is 2.77. The highest BCUT2D eigenvalue weighted by atomic mass is 16.5. The maximum absolute atomic E-state index is 11.7. The standard InChI is InChI=1S/C15H17N3O4/c1-10(15(20)21)18-14(19)12(7-16)9-17-8-11-4-3-5-13(6-11)22-2/h3-6,9-10,17H,8H2,1-2H3,(H,18,19)(H,20,21)/b12-9-. The molecule has 1 rings (SSSR count). The average molecular weight is 303 g/mol. The molecule has 0 spiro atoms. The number of benzene rings is 1. The fourth-order valence-electron chi connectivity index (χ4n) is 1.54. The lowest BCUT2D eigenvalue weighted by Gasteiger charge is -2.09. The summed E-state index contributed by atoms with van der Waals surface area (Å²) in [5, 5.41) is 22.7. The van der Waals surface area contributed by atoms with Crippen molar-refractivity contribution in [3.8, 4) is 11.8 Å². The predicted molar refractivity (Wildman–Crippen MR) is 78.8 cm³/mol. The van der Waals surface area contributed by atoms with Gasteiger partial charge in [0.1, 0.15) is 23.4 Å². The third-order valence-corrected chi connectivity index (χ3v) is 2.77. The van der Waals surface area contributed by atoms with Crippen LogP contribution in [0, 0.1) is 11.3 Å². The zero-order chi connectivity index (χ0) is 16.5. The number of methoxy groups -OCH3 is 1. The quantitative estimate of drug-likeness (QED) is 0.507. The van der Waals surface area contributed by atoms with Gasteiger partial charge in [0.2, 0.25) is 0 Å². The summed E-state index contributed by atoms with van der Waals surface area (Å²) in [5.74, 6) is -1.21. The average Bonchev–Trinajstić information content (AvgIpc) is 2.51. The molecular weight excluding hydrogens is 286 g/mol. The van der Waals surface area contributed by atoms with Gasteiger partial charge in [-0.15, -0.1) is 0 Å². The molecule has 0 aliphatic rings. The van der Waals surface area contributed by atoms with Gasteiger partial charge in [0, 0.05) is 12.7 Å². The summed E-state index contributed by atoms with van der Waals surface area (Å²) in [6.45, 7) is 1.71. The number of carbonyl (C=O) groups is 2. The minimum absolute atomic E-state index is 0.198. The number of carbonyl (C=O) groups excluding carboxylic acids is 1. The van der Waals surface area contributed by atoms with Gasteiger partial charge in [0.05, 0.1) is 7.11 Å². The highest BCUT2D eigenvalue weighted by Gasteiger charge is 2.16. The molecule has 22 heavy (non-hydrogen) atoms. The first kappa shape index (κ1) is 17.0. The largest absolute Gasteiger partial charge is 0.497 e. The first-order chi connectivity index (χ1) is 10.5. The molecule has 1 unspecified atom stereocenters. The Bertz CT molecular complexity index is 619. The molecule has 0 saturated carbocycles. The lowest BCUT2D eigenvalue weighted by atomic mass is 10.2. The van der Waals surface area contributed by atoms with Gasteiger partial charge < -0.3 is 20.5 Å². The van der Waals surface area contributed by atoms with E-state index in [-0.39, 0.29) is 5.57 Å². The van der Waals surface area contributed by atoms with Crippen LogP contribution in [0.5, 0.6) is 5.75 Å². The summed E-state index contributed by atoms with van der Waals surface area (Å²) in [6, 6.07) is 7.97. The third kappa shape index (κ3) is 5.17. The van der Waals surface area contributed by atoms with E-state index in [1.165, 1.54) is 13.1 Å². The lowest BCUT2D eigenvalue weighted by Crippen LogP contribution is -2.39. The van der Waals surface area contributed by atoms with Gasteiger partial charge in [-0.1, -0.05) is 12.1 Å². The Labute approximate surface area is 128 Å². The molecule has 1 aromatic carbocycles. The summed E-state index contributed by atoms with van der Waals surface area (Å²) >= 11 is 0. The summed E-state index contributed by atoms with van der Waals surface area (Å²) < 4.78 is 5.09. The van der Waals surface area contributed by atoms with Crippen molar-refractivity contribution in [1.29, 1.82) is 5.26 Å². The second kappa shape index (κ2) is 8.32. The zero-order valence-electron chi connectivity index (χ0n) is 12.3.